The van der Waals surface area contributed by atoms with Crippen LogP contribution in [0.1, 0.15) is 11.7 Å². The van der Waals surface area contributed by atoms with Crippen molar-refractivity contribution in [1.29, 1.82) is 0 Å². The number of rotatable bonds is 4. The number of nitrogens with two attached hydrogens (primary N) is 1. The molecule has 0 heterocycles. The fourth-order valence-electron chi connectivity index (χ4n) is 1.27. The van der Waals surface area contributed by atoms with Gasteiger partial charge in [-0.3, -0.25) is 0 Å². The summed E-state index contributed by atoms with van der Waals surface area (Å²) in [5, 5.41) is 21.6. The number of nitrogen functional groups attached to an aromatic ring is 1. The quantitative estimate of drug-likeness (QED) is 0.506. The molecule has 1 rings (SSSR count). The van der Waals surface area contributed by atoms with E-state index in [4.69, 9.17) is 10.8 Å². The van der Waals surface area contributed by atoms with Crippen LogP contribution in [-0.4, -0.2) is 29.9 Å². The highest BCUT2D eigenvalue weighted by Gasteiger charge is 2.17. The molecule has 4 heteroatoms. The summed E-state index contributed by atoms with van der Waals surface area (Å²) in [7, 11) is 1.70. The molecule has 0 aromatic heterocycles. The van der Waals surface area contributed by atoms with E-state index in [2.05, 4.69) is 5.32 Å². The fraction of sp³-hybridized carbons (Fsp3) is 0.400. The minimum atomic E-state index is -0.717. The van der Waals surface area contributed by atoms with Crippen LogP contribution in [0.2, 0.25) is 0 Å². The number of hydrogen-bond acceptors (Lipinski definition) is 4. The van der Waals surface area contributed by atoms with Gasteiger partial charge < -0.3 is 21.3 Å². The van der Waals surface area contributed by atoms with Crippen molar-refractivity contribution in [1.82, 2.24) is 5.32 Å². The molecule has 0 spiro atoms. The van der Waals surface area contributed by atoms with Crippen molar-refractivity contribution in [3.05, 3.63) is 29.8 Å². The van der Waals surface area contributed by atoms with Crippen LogP contribution in [0.25, 0.3) is 0 Å². The minimum Gasteiger partial charge on any atom is -0.399 e. The number of aliphatic hydroxyl groups excluding tert-OH is 2. The highest BCUT2D eigenvalue weighted by molar-refractivity contribution is 5.40. The minimum absolute atomic E-state index is 0.109. The molecule has 2 atom stereocenters. The maximum Gasteiger partial charge on any atom is 0.0965 e. The molecule has 0 fully saturated rings. The number of benzene rings is 1. The summed E-state index contributed by atoms with van der Waals surface area (Å²) in [5.41, 5.74) is 6.92. The van der Waals surface area contributed by atoms with Crippen LogP contribution in [0.15, 0.2) is 24.3 Å². The third-order valence-electron chi connectivity index (χ3n) is 2.23. The molecule has 78 valence electrons. The van der Waals surface area contributed by atoms with Crippen molar-refractivity contribution in [3.63, 3.8) is 0 Å². The van der Waals surface area contributed by atoms with Gasteiger partial charge in [-0.25, -0.2) is 0 Å². The average molecular weight is 196 g/mol. The first-order chi connectivity index (χ1) is 6.69. The van der Waals surface area contributed by atoms with Crippen LogP contribution in [0.5, 0.6) is 0 Å². The second-order valence-corrected chi connectivity index (χ2v) is 3.19. The zero-order valence-corrected chi connectivity index (χ0v) is 8.14. The molecule has 2 unspecified atom stereocenters. The molecular formula is C10H16N2O2. The molecule has 0 bridgehead atoms. The molecule has 5 N–H and O–H groups in total. The van der Waals surface area contributed by atoms with Crippen molar-refractivity contribution in [2.24, 2.45) is 0 Å². The summed E-state index contributed by atoms with van der Waals surface area (Å²) in [4.78, 5) is 0. The third-order valence-corrected chi connectivity index (χ3v) is 2.23. The molecule has 14 heavy (non-hydrogen) atoms. The monoisotopic (exact) mass is 196 g/mol. The summed E-state index contributed by atoms with van der Waals surface area (Å²) in [6.45, 7) is -0.109. The van der Waals surface area contributed by atoms with Gasteiger partial charge in [0.1, 0.15) is 0 Å². The van der Waals surface area contributed by atoms with E-state index in [0.717, 1.165) is 5.56 Å². The van der Waals surface area contributed by atoms with E-state index >= 15 is 0 Å². The first kappa shape index (κ1) is 11.0. The summed E-state index contributed by atoms with van der Waals surface area (Å²) >= 11 is 0. The first-order valence-corrected chi connectivity index (χ1v) is 4.50. The van der Waals surface area contributed by atoms with E-state index in [9.17, 15) is 5.11 Å². The van der Waals surface area contributed by atoms with E-state index in [1.807, 2.05) is 0 Å². The van der Waals surface area contributed by atoms with Crippen LogP contribution in [-0.2, 0) is 0 Å². The standard InChI is InChI=1S/C10H16N2O2/c1-12-9(6-13)10(14)7-2-4-8(11)5-3-7/h2-5,9-10,12-14H,6,11H2,1H3. The van der Waals surface area contributed by atoms with E-state index in [-0.39, 0.29) is 12.6 Å². The van der Waals surface area contributed by atoms with Crippen LogP contribution < -0.4 is 11.1 Å². The normalized spacial score (nSPS) is 15.1. The Hall–Kier alpha value is -1.10. The van der Waals surface area contributed by atoms with Crippen molar-refractivity contribution in [2.75, 3.05) is 19.4 Å². The van der Waals surface area contributed by atoms with Crippen LogP contribution in [0.4, 0.5) is 5.69 Å². The zero-order valence-electron chi connectivity index (χ0n) is 8.14. The predicted molar refractivity (Wildman–Crippen MR) is 55.7 cm³/mol. The van der Waals surface area contributed by atoms with Gasteiger partial charge in [-0.2, -0.15) is 0 Å². The van der Waals surface area contributed by atoms with E-state index in [1.165, 1.54) is 0 Å². The predicted octanol–water partition coefficient (Wildman–Crippen LogP) is -0.118. The lowest BCUT2D eigenvalue weighted by Gasteiger charge is -2.20. The van der Waals surface area contributed by atoms with Crippen LogP contribution in [0.3, 0.4) is 0 Å². The lowest BCUT2D eigenvalue weighted by molar-refractivity contribution is 0.0942. The lowest BCUT2D eigenvalue weighted by Crippen LogP contribution is -2.35. The maximum absolute atomic E-state index is 9.81. The Morgan fingerprint density at radius 1 is 1.36 bits per heavy atom. The van der Waals surface area contributed by atoms with Gasteiger partial charge in [0.15, 0.2) is 0 Å². The van der Waals surface area contributed by atoms with E-state index < -0.39 is 6.10 Å². The smallest absolute Gasteiger partial charge is 0.0965 e. The fourth-order valence-corrected chi connectivity index (χ4v) is 1.27. The van der Waals surface area contributed by atoms with E-state index in [1.54, 1.807) is 31.3 Å². The first-order valence-electron chi connectivity index (χ1n) is 4.50. The molecule has 0 saturated carbocycles. The van der Waals surface area contributed by atoms with Crippen molar-refractivity contribution in [2.45, 2.75) is 12.1 Å². The van der Waals surface area contributed by atoms with Gasteiger partial charge in [0.2, 0.25) is 0 Å². The summed E-state index contributed by atoms with van der Waals surface area (Å²) in [6, 6.07) is 6.60. The Morgan fingerprint density at radius 3 is 2.36 bits per heavy atom. The van der Waals surface area contributed by atoms with Gasteiger partial charge in [0.25, 0.3) is 0 Å². The van der Waals surface area contributed by atoms with Crippen molar-refractivity contribution in [3.8, 4) is 0 Å². The Bertz CT molecular complexity index is 270. The van der Waals surface area contributed by atoms with E-state index in [0.29, 0.717) is 5.69 Å². The molecule has 4 nitrogen and oxygen atoms in total. The highest BCUT2D eigenvalue weighted by atomic mass is 16.3. The van der Waals surface area contributed by atoms with Gasteiger partial charge in [0.05, 0.1) is 18.8 Å². The molecule has 0 amide bonds. The lowest BCUT2D eigenvalue weighted by atomic mass is 10.0. The van der Waals surface area contributed by atoms with Crippen LogP contribution >= 0.6 is 0 Å². The number of likely N-dealkylation sites (N-methyl/N-ethyl adjacent to an activating group) is 1. The zero-order chi connectivity index (χ0) is 10.6. The molecule has 0 radical (unpaired) electrons. The maximum atomic E-state index is 9.81. The van der Waals surface area contributed by atoms with Gasteiger partial charge in [0, 0.05) is 5.69 Å². The number of aliphatic hydroxyl groups is 2. The van der Waals surface area contributed by atoms with Gasteiger partial charge in [-0.05, 0) is 24.7 Å². The Kier molecular flexibility index (Phi) is 3.88. The molecule has 0 aliphatic rings. The van der Waals surface area contributed by atoms with Crippen molar-refractivity contribution < 1.29 is 10.2 Å². The second-order valence-electron chi connectivity index (χ2n) is 3.19. The Balaban J connectivity index is 2.77. The molecule has 0 aliphatic carbocycles. The van der Waals surface area contributed by atoms with Gasteiger partial charge in [-0.15, -0.1) is 0 Å². The summed E-state index contributed by atoms with van der Waals surface area (Å²) in [5.74, 6) is 0. The third kappa shape index (κ3) is 2.45. The number of nitrogens with one attached hydrogen (secondary N) is 1. The average Bonchev–Trinajstić information content (AvgIpc) is 2.20. The second kappa shape index (κ2) is 4.95. The van der Waals surface area contributed by atoms with Crippen molar-refractivity contribution >= 4 is 5.69 Å². The molecule has 0 aliphatic heterocycles. The molecule has 0 saturated heterocycles. The molecule has 1 aromatic rings. The largest absolute Gasteiger partial charge is 0.399 e. The topological polar surface area (TPSA) is 78.5 Å². The highest BCUT2D eigenvalue weighted by Crippen LogP contribution is 2.17. The molecule has 1 aromatic carbocycles. The van der Waals surface area contributed by atoms with Gasteiger partial charge >= 0.3 is 0 Å². The van der Waals surface area contributed by atoms with Gasteiger partial charge in [-0.1, -0.05) is 12.1 Å². The Morgan fingerprint density at radius 2 is 1.93 bits per heavy atom. The number of anilines is 1. The SMILES string of the molecule is CNC(CO)C(O)c1ccc(N)cc1. The Labute approximate surface area is 83.4 Å². The van der Waals surface area contributed by atoms with Crippen LogP contribution in [0, 0.1) is 0 Å². The number of hydrogen-bond donors (Lipinski definition) is 4. The summed E-state index contributed by atoms with van der Waals surface area (Å²) in [6.07, 6.45) is -0.717. The summed E-state index contributed by atoms with van der Waals surface area (Å²) < 4.78 is 0. The molecular weight excluding hydrogens is 180 g/mol.